The van der Waals surface area contributed by atoms with Crippen LogP contribution in [0.15, 0.2) is 47.9 Å². The fraction of sp³-hybridized carbons (Fsp3) is 0.423. The minimum atomic E-state index is 0.0210. The van der Waals surface area contributed by atoms with E-state index in [0.717, 1.165) is 42.8 Å². The van der Waals surface area contributed by atoms with Gasteiger partial charge in [0.05, 0.1) is 29.6 Å². The number of likely N-dealkylation sites (tertiary alicyclic amines) is 1. The van der Waals surface area contributed by atoms with Crippen molar-refractivity contribution in [2.24, 2.45) is 0 Å². The average Bonchev–Trinajstić information content (AvgIpc) is 3.26. The first kappa shape index (κ1) is 25.4. The van der Waals surface area contributed by atoms with Crippen LogP contribution >= 0.6 is 23.8 Å². The molecule has 4 rings (SSSR count). The molecule has 0 unspecified atom stereocenters. The van der Waals surface area contributed by atoms with Gasteiger partial charge in [0.1, 0.15) is 17.3 Å². The number of rotatable bonds is 9. The van der Waals surface area contributed by atoms with Crippen molar-refractivity contribution in [1.82, 2.24) is 15.2 Å². The second-order valence-electron chi connectivity index (χ2n) is 8.83. The summed E-state index contributed by atoms with van der Waals surface area (Å²) in [7, 11) is 3.68. The molecule has 1 saturated heterocycles. The summed E-state index contributed by atoms with van der Waals surface area (Å²) in [6.45, 7) is 2.25. The van der Waals surface area contributed by atoms with E-state index in [-0.39, 0.29) is 5.78 Å². The zero-order chi connectivity index (χ0) is 24.8. The highest BCUT2D eigenvalue weighted by molar-refractivity contribution is 7.81. The normalized spacial score (nSPS) is 18.5. The molecule has 0 radical (unpaired) electrons. The largest absolute Gasteiger partial charge is 0.493 e. The number of nitrogens with zero attached hydrogens (tertiary/aromatic N) is 2. The van der Waals surface area contributed by atoms with Gasteiger partial charge < -0.3 is 25.0 Å². The van der Waals surface area contributed by atoms with Gasteiger partial charge in [-0.1, -0.05) is 29.9 Å². The fourth-order valence-corrected chi connectivity index (χ4v) is 5.15. The van der Waals surface area contributed by atoms with Gasteiger partial charge in [0.25, 0.3) is 0 Å². The highest BCUT2D eigenvalue weighted by Crippen LogP contribution is 2.33. The third kappa shape index (κ3) is 6.12. The maximum absolute atomic E-state index is 12.9. The van der Waals surface area contributed by atoms with Crippen molar-refractivity contribution < 1.29 is 14.3 Å². The van der Waals surface area contributed by atoms with Crippen molar-refractivity contribution in [3.05, 3.63) is 58.5 Å². The molecule has 186 valence electrons. The number of hydrogen-bond donors (Lipinski definition) is 2. The van der Waals surface area contributed by atoms with Crippen LogP contribution in [0.5, 0.6) is 11.5 Å². The second kappa shape index (κ2) is 11.8. The molecule has 1 aromatic heterocycles. The van der Waals surface area contributed by atoms with Crippen molar-refractivity contribution in [3.63, 3.8) is 0 Å². The van der Waals surface area contributed by atoms with E-state index in [9.17, 15) is 4.79 Å². The van der Waals surface area contributed by atoms with E-state index < -0.39 is 0 Å². The summed E-state index contributed by atoms with van der Waals surface area (Å²) in [6, 6.07) is 7.74. The molecule has 1 aliphatic heterocycles. The van der Waals surface area contributed by atoms with Gasteiger partial charge in [-0.05, 0) is 57.5 Å². The van der Waals surface area contributed by atoms with Crippen LogP contribution in [0.25, 0.3) is 0 Å². The van der Waals surface area contributed by atoms with Gasteiger partial charge >= 0.3 is 0 Å². The van der Waals surface area contributed by atoms with Gasteiger partial charge in [-0.15, -0.1) is 0 Å². The van der Waals surface area contributed by atoms with Crippen LogP contribution in [0.3, 0.4) is 0 Å². The smallest absolute Gasteiger partial charge is 0.167 e. The zero-order valence-electron chi connectivity index (χ0n) is 20.1. The summed E-state index contributed by atoms with van der Waals surface area (Å²) >= 11 is 11.9. The SMILES string of the molecule is COc1c(Cl)cccc1NC(=S)C1=C(NCc2ccncc2OC[C@@H]2CCCN2C)CCCC1=O. The minimum absolute atomic E-state index is 0.0210. The quantitative estimate of drug-likeness (QED) is 0.464. The van der Waals surface area contributed by atoms with Gasteiger partial charge in [0.15, 0.2) is 11.5 Å². The number of carbonyl (C=O) groups excluding carboxylic acids is 1. The van der Waals surface area contributed by atoms with Gasteiger partial charge in [0.2, 0.25) is 0 Å². The number of carbonyl (C=O) groups is 1. The van der Waals surface area contributed by atoms with E-state index in [2.05, 4.69) is 27.6 Å². The molecule has 2 aliphatic rings. The standard InChI is InChI=1S/C26H31ClN4O3S/c1-31-13-5-6-18(31)16-34-23-15-28-12-11-17(23)14-29-20-8-4-10-22(32)24(20)26(35)30-21-9-3-7-19(27)25(21)33-2/h3,7,9,11-12,15,18,29H,4-6,8,10,13-14,16H2,1-2H3,(H,30,35)/t18-/m0/s1. The Balaban J connectivity index is 1.49. The van der Waals surface area contributed by atoms with E-state index >= 15 is 0 Å². The van der Waals surface area contributed by atoms with E-state index in [0.29, 0.717) is 52.6 Å². The molecular formula is C26H31ClN4O3S. The molecule has 0 amide bonds. The number of ether oxygens (including phenoxy) is 2. The number of nitrogens with one attached hydrogen (secondary N) is 2. The van der Waals surface area contributed by atoms with Crippen LogP contribution in [0.1, 0.15) is 37.7 Å². The molecule has 1 fully saturated rings. The second-order valence-corrected chi connectivity index (χ2v) is 9.65. The predicted molar refractivity (Wildman–Crippen MR) is 142 cm³/mol. The van der Waals surface area contributed by atoms with Crippen molar-refractivity contribution in [3.8, 4) is 11.5 Å². The lowest BCUT2D eigenvalue weighted by Gasteiger charge is -2.23. The Morgan fingerprint density at radius 3 is 2.91 bits per heavy atom. The number of pyridine rings is 1. The molecule has 2 heterocycles. The Morgan fingerprint density at radius 2 is 2.14 bits per heavy atom. The number of halogens is 1. The summed E-state index contributed by atoms with van der Waals surface area (Å²) in [4.78, 5) is 19.8. The first-order chi connectivity index (χ1) is 17.0. The maximum Gasteiger partial charge on any atom is 0.167 e. The number of benzene rings is 1. The van der Waals surface area contributed by atoms with E-state index in [1.807, 2.05) is 12.1 Å². The van der Waals surface area contributed by atoms with Gasteiger partial charge in [-0.2, -0.15) is 0 Å². The Labute approximate surface area is 216 Å². The molecule has 0 spiro atoms. The Morgan fingerprint density at radius 1 is 1.29 bits per heavy atom. The lowest BCUT2D eigenvalue weighted by atomic mass is 9.94. The summed E-state index contributed by atoms with van der Waals surface area (Å²) in [5, 5.41) is 7.09. The lowest BCUT2D eigenvalue weighted by Crippen LogP contribution is -2.31. The Hall–Kier alpha value is -2.68. The van der Waals surface area contributed by atoms with Gasteiger partial charge in [-0.25, -0.2) is 0 Å². The molecule has 1 aliphatic carbocycles. The van der Waals surface area contributed by atoms with E-state index in [1.54, 1.807) is 31.6 Å². The number of hydrogen-bond acceptors (Lipinski definition) is 7. The van der Waals surface area contributed by atoms with Crippen LogP contribution in [0.2, 0.25) is 5.02 Å². The van der Waals surface area contributed by atoms with Gasteiger partial charge in [-0.3, -0.25) is 9.78 Å². The van der Waals surface area contributed by atoms with Crippen LogP contribution in [0, 0.1) is 0 Å². The fourth-order valence-electron chi connectivity index (χ4n) is 4.55. The Kier molecular flexibility index (Phi) is 8.59. The molecule has 0 saturated carbocycles. The number of thiocarbonyl (C=S) groups is 1. The minimum Gasteiger partial charge on any atom is -0.493 e. The number of methoxy groups -OCH3 is 1. The molecule has 7 nitrogen and oxygen atoms in total. The highest BCUT2D eigenvalue weighted by atomic mass is 35.5. The first-order valence-corrected chi connectivity index (χ1v) is 12.7. The molecule has 0 bridgehead atoms. The number of likely N-dealkylation sites (N-methyl/N-ethyl adjacent to an activating group) is 1. The summed E-state index contributed by atoms with van der Waals surface area (Å²) < 4.78 is 11.6. The van der Waals surface area contributed by atoms with E-state index in [1.165, 1.54) is 6.42 Å². The summed E-state index contributed by atoms with van der Waals surface area (Å²) in [5.41, 5.74) is 2.95. The molecular weight excluding hydrogens is 484 g/mol. The van der Waals surface area contributed by atoms with E-state index in [4.69, 9.17) is 33.3 Å². The monoisotopic (exact) mass is 514 g/mol. The molecule has 1 aromatic carbocycles. The highest BCUT2D eigenvalue weighted by Gasteiger charge is 2.25. The number of ketones is 1. The maximum atomic E-state index is 12.9. The van der Waals surface area contributed by atoms with Crippen molar-refractivity contribution in [1.29, 1.82) is 0 Å². The lowest BCUT2D eigenvalue weighted by molar-refractivity contribution is -0.115. The van der Waals surface area contributed by atoms with Crippen LogP contribution in [-0.4, -0.2) is 54.0 Å². The first-order valence-electron chi connectivity index (χ1n) is 11.9. The van der Waals surface area contributed by atoms with Crippen molar-refractivity contribution in [2.75, 3.05) is 32.6 Å². The van der Waals surface area contributed by atoms with Crippen LogP contribution < -0.4 is 20.1 Å². The average molecular weight is 515 g/mol. The van der Waals surface area contributed by atoms with Crippen molar-refractivity contribution >= 4 is 40.3 Å². The number of Topliss-reactive ketones (excluding diaryl/α,β-unsaturated/α-hetero) is 1. The molecule has 2 aromatic rings. The number of anilines is 1. The number of para-hydroxylation sites is 1. The third-order valence-electron chi connectivity index (χ3n) is 6.52. The third-order valence-corrected chi connectivity index (χ3v) is 7.13. The molecule has 1 atom stereocenters. The molecule has 9 heteroatoms. The van der Waals surface area contributed by atoms with Crippen LogP contribution in [-0.2, 0) is 11.3 Å². The summed E-state index contributed by atoms with van der Waals surface area (Å²) in [6.07, 6.45) is 7.84. The molecule has 2 N–H and O–H groups in total. The molecule has 35 heavy (non-hydrogen) atoms. The number of aromatic nitrogens is 1. The summed E-state index contributed by atoms with van der Waals surface area (Å²) in [5.74, 6) is 1.27. The number of allylic oxidation sites excluding steroid dienone is 1. The topological polar surface area (TPSA) is 75.7 Å². The predicted octanol–water partition coefficient (Wildman–Crippen LogP) is 4.75. The van der Waals surface area contributed by atoms with Gasteiger partial charge in [0, 0.05) is 36.5 Å². The Bertz CT molecular complexity index is 1120. The van der Waals surface area contributed by atoms with Crippen LogP contribution in [0.4, 0.5) is 5.69 Å². The zero-order valence-corrected chi connectivity index (χ0v) is 21.7. The van der Waals surface area contributed by atoms with Crippen molar-refractivity contribution in [2.45, 2.75) is 44.7 Å².